The van der Waals surface area contributed by atoms with E-state index in [9.17, 15) is 4.79 Å². The van der Waals surface area contributed by atoms with Gasteiger partial charge in [-0.2, -0.15) is 0 Å². The van der Waals surface area contributed by atoms with E-state index in [4.69, 9.17) is 19.9 Å². The van der Waals surface area contributed by atoms with E-state index >= 15 is 0 Å². The number of thioether (sulfide) groups is 1. The minimum absolute atomic E-state index is 0.0983. The Kier molecular flexibility index (Phi) is 6.92. The highest BCUT2D eigenvalue weighted by Crippen LogP contribution is 2.31. The minimum Gasteiger partial charge on any atom is -0.493 e. The van der Waals surface area contributed by atoms with Crippen LogP contribution in [0.4, 0.5) is 0 Å². The Balaban J connectivity index is 1.68. The lowest BCUT2D eigenvalue weighted by molar-refractivity contribution is 0.0989. The first-order valence-corrected chi connectivity index (χ1v) is 11.9. The summed E-state index contributed by atoms with van der Waals surface area (Å²) in [6.07, 6.45) is 0.396. The molecule has 0 atom stereocenters. The molecule has 2 heterocycles. The van der Waals surface area contributed by atoms with E-state index in [1.807, 2.05) is 52.4 Å². The summed E-state index contributed by atoms with van der Waals surface area (Å²) in [5.74, 6) is 1.80. The number of hydrogen-bond acceptors (Lipinski definition) is 7. The molecule has 164 valence electrons. The van der Waals surface area contributed by atoms with Gasteiger partial charge in [-0.05, 0) is 17.5 Å². The number of methoxy groups -OCH3 is 2. The Morgan fingerprint density at radius 1 is 1.09 bits per heavy atom. The standard InChI is InChI=1S/C24H23N3O3S2/c1-29-21-13-18-19(14-22(21)30-2)26-24(27(23(18)25)15-17-9-6-11-31-17)32-12-10-20(28)16-7-4-3-5-8-16/h3-9,11,13-14,25H,10,12,15H2,1-2H3. The molecule has 0 amide bonds. The summed E-state index contributed by atoms with van der Waals surface area (Å²) in [7, 11) is 3.16. The summed E-state index contributed by atoms with van der Waals surface area (Å²) < 4.78 is 12.7. The molecule has 0 fully saturated rings. The van der Waals surface area contributed by atoms with Gasteiger partial charge in [0, 0.05) is 34.1 Å². The van der Waals surface area contributed by atoms with E-state index in [-0.39, 0.29) is 5.78 Å². The molecule has 0 aliphatic carbocycles. The van der Waals surface area contributed by atoms with E-state index in [2.05, 4.69) is 0 Å². The van der Waals surface area contributed by atoms with Gasteiger partial charge in [-0.1, -0.05) is 48.2 Å². The Hall–Kier alpha value is -3.10. The van der Waals surface area contributed by atoms with E-state index < -0.39 is 0 Å². The molecule has 1 N–H and O–H groups in total. The molecule has 0 aliphatic rings. The summed E-state index contributed by atoms with van der Waals surface area (Å²) in [6, 6.07) is 16.9. The number of nitrogens with zero attached hydrogens (tertiary/aromatic N) is 2. The van der Waals surface area contributed by atoms with Crippen molar-refractivity contribution in [1.29, 1.82) is 5.41 Å². The van der Waals surface area contributed by atoms with Gasteiger partial charge in [-0.25, -0.2) is 4.98 Å². The molecule has 0 unspecified atom stereocenters. The van der Waals surface area contributed by atoms with Crippen molar-refractivity contribution in [2.45, 2.75) is 18.1 Å². The quantitative estimate of drug-likeness (QED) is 0.214. The second-order valence-corrected chi connectivity index (χ2v) is 9.11. The van der Waals surface area contributed by atoms with Crippen molar-refractivity contribution < 1.29 is 14.3 Å². The zero-order valence-corrected chi connectivity index (χ0v) is 19.5. The van der Waals surface area contributed by atoms with Crippen LogP contribution in [0.5, 0.6) is 11.5 Å². The molecule has 0 saturated carbocycles. The Morgan fingerprint density at radius 2 is 1.84 bits per heavy atom. The SMILES string of the molecule is COc1cc2nc(SCCC(=O)c3ccccc3)n(Cc3cccs3)c(=N)c2cc1OC. The van der Waals surface area contributed by atoms with Crippen LogP contribution in [-0.2, 0) is 6.54 Å². The van der Waals surface area contributed by atoms with Crippen molar-refractivity contribution in [3.05, 3.63) is 75.9 Å². The summed E-state index contributed by atoms with van der Waals surface area (Å²) in [5.41, 5.74) is 1.72. The maximum Gasteiger partial charge on any atom is 0.170 e. The van der Waals surface area contributed by atoms with Crippen LogP contribution in [0.25, 0.3) is 10.9 Å². The first kappa shape index (κ1) is 22.1. The summed E-state index contributed by atoms with van der Waals surface area (Å²) in [6.45, 7) is 0.544. The number of hydrogen-bond donors (Lipinski definition) is 1. The van der Waals surface area contributed by atoms with Gasteiger partial charge in [-0.15, -0.1) is 11.3 Å². The van der Waals surface area contributed by atoms with E-state index in [1.54, 1.807) is 37.7 Å². The third kappa shape index (κ3) is 4.71. The number of aromatic nitrogens is 2. The topological polar surface area (TPSA) is 77.2 Å². The third-order valence-corrected chi connectivity index (χ3v) is 6.86. The van der Waals surface area contributed by atoms with Crippen LogP contribution >= 0.6 is 23.1 Å². The minimum atomic E-state index is 0.0983. The monoisotopic (exact) mass is 465 g/mol. The lowest BCUT2D eigenvalue weighted by Crippen LogP contribution is -2.24. The lowest BCUT2D eigenvalue weighted by atomic mass is 10.1. The number of benzene rings is 2. The van der Waals surface area contributed by atoms with Crippen molar-refractivity contribution in [3.63, 3.8) is 0 Å². The zero-order valence-electron chi connectivity index (χ0n) is 17.8. The molecule has 4 aromatic rings. The van der Waals surface area contributed by atoms with Gasteiger partial charge < -0.3 is 14.0 Å². The second-order valence-electron chi connectivity index (χ2n) is 7.02. The fraction of sp³-hybridized carbons (Fsp3) is 0.208. The van der Waals surface area contributed by atoms with Crippen LogP contribution in [-0.4, -0.2) is 35.3 Å². The predicted molar refractivity (Wildman–Crippen MR) is 128 cm³/mol. The lowest BCUT2D eigenvalue weighted by Gasteiger charge is -2.15. The van der Waals surface area contributed by atoms with Crippen molar-refractivity contribution >= 4 is 39.8 Å². The number of thiophene rings is 1. The fourth-order valence-electron chi connectivity index (χ4n) is 3.37. The van der Waals surface area contributed by atoms with Gasteiger partial charge in [0.05, 0.1) is 26.3 Å². The van der Waals surface area contributed by atoms with E-state index in [0.29, 0.717) is 57.3 Å². The number of carbonyl (C=O) groups is 1. The summed E-state index contributed by atoms with van der Waals surface area (Å²) in [4.78, 5) is 18.5. The van der Waals surface area contributed by atoms with Gasteiger partial charge in [0.15, 0.2) is 22.4 Å². The molecule has 2 aromatic carbocycles. The highest BCUT2D eigenvalue weighted by Gasteiger charge is 2.15. The average molecular weight is 466 g/mol. The molecule has 2 aromatic heterocycles. The van der Waals surface area contributed by atoms with Gasteiger partial charge in [-0.3, -0.25) is 10.2 Å². The van der Waals surface area contributed by atoms with Crippen LogP contribution < -0.4 is 15.0 Å². The average Bonchev–Trinajstić information content (AvgIpc) is 3.34. The first-order valence-electron chi connectivity index (χ1n) is 10.0. The molecule has 0 spiro atoms. The maximum atomic E-state index is 12.5. The zero-order chi connectivity index (χ0) is 22.5. The number of nitrogens with one attached hydrogen (secondary N) is 1. The van der Waals surface area contributed by atoms with Crippen LogP contribution in [0.15, 0.2) is 65.1 Å². The van der Waals surface area contributed by atoms with Crippen LogP contribution in [0.2, 0.25) is 0 Å². The molecule has 4 rings (SSSR count). The highest BCUT2D eigenvalue weighted by molar-refractivity contribution is 7.99. The summed E-state index contributed by atoms with van der Waals surface area (Å²) in [5, 5.41) is 12.3. The molecule has 0 aliphatic heterocycles. The third-order valence-electron chi connectivity index (χ3n) is 5.02. The normalized spacial score (nSPS) is 10.9. The number of ether oxygens (including phenoxy) is 2. The molecule has 0 bridgehead atoms. The van der Waals surface area contributed by atoms with Crippen molar-refractivity contribution in [2.24, 2.45) is 0 Å². The van der Waals surface area contributed by atoms with Crippen molar-refractivity contribution in [2.75, 3.05) is 20.0 Å². The van der Waals surface area contributed by atoms with Gasteiger partial charge in [0.1, 0.15) is 5.49 Å². The van der Waals surface area contributed by atoms with Gasteiger partial charge in [0.25, 0.3) is 0 Å². The van der Waals surface area contributed by atoms with Crippen LogP contribution in [0.1, 0.15) is 21.7 Å². The Morgan fingerprint density at radius 3 is 2.53 bits per heavy atom. The number of rotatable bonds is 9. The predicted octanol–water partition coefficient (Wildman–Crippen LogP) is 5.01. The molecular formula is C24H23N3O3S2. The van der Waals surface area contributed by atoms with Crippen LogP contribution in [0.3, 0.4) is 0 Å². The largest absolute Gasteiger partial charge is 0.493 e. The molecule has 8 heteroatoms. The maximum absolute atomic E-state index is 12.5. The summed E-state index contributed by atoms with van der Waals surface area (Å²) >= 11 is 3.13. The Bertz CT molecular complexity index is 1290. The highest BCUT2D eigenvalue weighted by atomic mass is 32.2. The van der Waals surface area contributed by atoms with Crippen LogP contribution in [0, 0.1) is 5.41 Å². The van der Waals surface area contributed by atoms with E-state index in [0.717, 1.165) is 4.88 Å². The molecule has 6 nitrogen and oxygen atoms in total. The molecular weight excluding hydrogens is 442 g/mol. The number of carbonyl (C=O) groups excluding carboxylic acids is 1. The molecule has 0 radical (unpaired) electrons. The van der Waals surface area contributed by atoms with Crippen molar-refractivity contribution in [3.8, 4) is 11.5 Å². The van der Waals surface area contributed by atoms with E-state index in [1.165, 1.54) is 11.8 Å². The van der Waals surface area contributed by atoms with Gasteiger partial charge >= 0.3 is 0 Å². The number of ketones is 1. The number of Topliss-reactive ketones (excluding diaryl/α,β-unsaturated/α-hetero) is 1. The fourth-order valence-corrected chi connectivity index (χ4v) is 5.01. The smallest absolute Gasteiger partial charge is 0.170 e. The number of fused-ring (bicyclic) bond motifs is 1. The first-order chi connectivity index (χ1) is 15.6. The molecule has 32 heavy (non-hydrogen) atoms. The second kappa shape index (κ2) is 10.0. The molecule has 0 saturated heterocycles. The van der Waals surface area contributed by atoms with Crippen molar-refractivity contribution in [1.82, 2.24) is 9.55 Å². The van der Waals surface area contributed by atoms with Gasteiger partial charge in [0.2, 0.25) is 0 Å². The Labute approximate surface area is 194 Å².